The number of aromatic nitrogens is 2. The molecule has 0 saturated heterocycles. The third-order valence-electron chi connectivity index (χ3n) is 1.43. The number of nitrogens with one attached hydrogen (secondary N) is 1. The second kappa shape index (κ2) is 2.92. The maximum Gasteiger partial charge on any atom is 0.143 e. The van der Waals surface area contributed by atoms with Gasteiger partial charge in [-0.2, -0.15) is 0 Å². The van der Waals surface area contributed by atoms with E-state index in [0.29, 0.717) is 5.52 Å². The first-order valence-electron chi connectivity index (χ1n) is 2.99. The molecule has 0 radical (unpaired) electrons. The van der Waals surface area contributed by atoms with Gasteiger partial charge in [0.2, 0.25) is 0 Å². The first-order chi connectivity index (χ1) is 4.88. The Morgan fingerprint density at radius 2 is 2.18 bits per heavy atom. The fourth-order valence-corrected chi connectivity index (χ4v) is 0.950. The minimum Gasteiger partial charge on any atom is -0.506 e. The van der Waals surface area contributed by atoms with Crippen LogP contribution < -0.4 is 0 Å². The van der Waals surface area contributed by atoms with Gasteiger partial charge in [-0.25, -0.2) is 4.98 Å². The van der Waals surface area contributed by atoms with Gasteiger partial charge in [0.25, 0.3) is 0 Å². The summed E-state index contributed by atoms with van der Waals surface area (Å²) < 4.78 is 0. The van der Waals surface area contributed by atoms with Crippen molar-refractivity contribution in [2.45, 2.75) is 0 Å². The van der Waals surface area contributed by atoms with Gasteiger partial charge in [0.15, 0.2) is 0 Å². The molecule has 0 saturated carbocycles. The smallest absolute Gasteiger partial charge is 0.143 e. The van der Waals surface area contributed by atoms with E-state index in [0.717, 1.165) is 5.52 Å². The number of rotatable bonds is 0. The zero-order chi connectivity index (χ0) is 6.97. The molecule has 2 N–H and O–H groups in total. The third-order valence-corrected chi connectivity index (χ3v) is 1.43. The summed E-state index contributed by atoms with van der Waals surface area (Å²) >= 11 is 0. The Bertz CT molecular complexity index is 358. The molecule has 2 rings (SSSR count). The second-order valence-corrected chi connectivity index (χ2v) is 2.08. The van der Waals surface area contributed by atoms with Crippen LogP contribution in [0.3, 0.4) is 0 Å². The van der Waals surface area contributed by atoms with Crippen molar-refractivity contribution in [2.75, 3.05) is 0 Å². The molecule has 11 heavy (non-hydrogen) atoms. The van der Waals surface area contributed by atoms with Crippen molar-refractivity contribution < 1.29 is 5.11 Å². The molecule has 4 heteroatoms. The number of benzene rings is 1. The molecule has 1 heterocycles. The molecule has 0 aliphatic heterocycles. The summed E-state index contributed by atoms with van der Waals surface area (Å²) in [5.41, 5.74) is 1.49. The van der Waals surface area contributed by atoms with Crippen molar-refractivity contribution in [2.24, 2.45) is 0 Å². The molecule has 3 nitrogen and oxygen atoms in total. The lowest BCUT2D eigenvalue weighted by Crippen LogP contribution is -1.68. The number of nitrogens with zero attached hydrogens (tertiary/aromatic N) is 1. The lowest BCUT2D eigenvalue weighted by atomic mass is 10.3. The number of para-hydroxylation sites is 1. The molecule has 1 aromatic heterocycles. The zero-order valence-corrected chi connectivity index (χ0v) is 7.33. The van der Waals surface area contributed by atoms with Crippen LogP contribution in [-0.2, 0) is 0 Å². The maximum atomic E-state index is 9.18. The van der Waals surface area contributed by atoms with Gasteiger partial charge in [-0.1, -0.05) is 6.07 Å². The second-order valence-electron chi connectivity index (χ2n) is 2.08. The summed E-state index contributed by atoms with van der Waals surface area (Å²) in [7, 11) is 0. The summed E-state index contributed by atoms with van der Waals surface area (Å²) in [5, 5.41) is 9.18. The van der Waals surface area contributed by atoms with Gasteiger partial charge >= 0.3 is 0 Å². The van der Waals surface area contributed by atoms with Crippen molar-refractivity contribution in [1.29, 1.82) is 0 Å². The third kappa shape index (κ3) is 1.21. The fourth-order valence-electron chi connectivity index (χ4n) is 0.950. The molecule has 0 atom stereocenters. The molecule has 0 amide bonds. The lowest BCUT2D eigenvalue weighted by molar-refractivity contribution is 0.480. The number of hydrogen-bond acceptors (Lipinski definition) is 2. The molecular formula is C7H7BrN2O. The van der Waals surface area contributed by atoms with Gasteiger partial charge in [0, 0.05) is 0 Å². The number of hydrogen-bond donors (Lipinski definition) is 2. The highest BCUT2D eigenvalue weighted by Crippen LogP contribution is 2.19. The standard InChI is InChI=1S/C7H6N2O.BrH/c10-6-3-1-2-5-7(6)9-4-8-5;/h1-4,10H,(H,8,9);1H. The first kappa shape index (κ1) is 8.07. The number of aromatic hydroxyl groups is 1. The topological polar surface area (TPSA) is 48.9 Å². The van der Waals surface area contributed by atoms with Crippen molar-refractivity contribution in [3.63, 3.8) is 0 Å². The molecule has 1 aromatic carbocycles. The lowest BCUT2D eigenvalue weighted by Gasteiger charge is -1.89. The van der Waals surface area contributed by atoms with E-state index in [9.17, 15) is 5.11 Å². The van der Waals surface area contributed by atoms with E-state index < -0.39 is 0 Å². The van der Waals surface area contributed by atoms with Gasteiger partial charge in [0.1, 0.15) is 11.3 Å². The van der Waals surface area contributed by atoms with Crippen LogP contribution >= 0.6 is 17.0 Å². The predicted molar refractivity (Wildman–Crippen MR) is 48.1 cm³/mol. The van der Waals surface area contributed by atoms with Crippen molar-refractivity contribution in [3.05, 3.63) is 24.5 Å². The summed E-state index contributed by atoms with van der Waals surface area (Å²) in [6.07, 6.45) is 1.56. The molecule has 0 unspecified atom stereocenters. The van der Waals surface area contributed by atoms with Crippen LogP contribution in [0.4, 0.5) is 0 Å². The highest BCUT2D eigenvalue weighted by molar-refractivity contribution is 8.93. The number of imidazole rings is 1. The SMILES string of the molecule is Br.Oc1cccc2[nH]cnc12. The molecule has 2 aromatic rings. The Morgan fingerprint density at radius 1 is 1.36 bits per heavy atom. The summed E-state index contributed by atoms with van der Waals surface area (Å²) in [5.74, 6) is 0.221. The number of H-pyrrole nitrogens is 1. The van der Waals surface area contributed by atoms with E-state index in [-0.39, 0.29) is 22.7 Å². The van der Waals surface area contributed by atoms with Gasteiger partial charge in [-0.05, 0) is 12.1 Å². The van der Waals surface area contributed by atoms with Crippen LogP contribution in [0.15, 0.2) is 24.5 Å². The summed E-state index contributed by atoms with van der Waals surface area (Å²) in [6, 6.07) is 5.25. The largest absolute Gasteiger partial charge is 0.506 e. The number of fused-ring (bicyclic) bond motifs is 1. The Kier molecular flexibility index (Phi) is 2.14. The van der Waals surface area contributed by atoms with E-state index in [4.69, 9.17) is 0 Å². The van der Waals surface area contributed by atoms with Crippen LogP contribution in [0, 0.1) is 0 Å². The van der Waals surface area contributed by atoms with Gasteiger partial charge in [-0.15, -0.1) is 17.0 Å². The predicted octanol–water partition coefficient (Wildman–Crippen LogP) is 1.85. The highest BCUT2D eigenvalue weighted by atomic mass is 79.9. The van der Waals surface area contributed by atoms with Gasteiger partial charge < -0.3 is 10.1 Å². The van der Waals surface area contributed by atoms with Crippen molar-refractivity contribution >= 4 is 28.0 Å². The molecule has 0 spiro atoms. The minimum absolute atomic E-state index is 0. The number of halogens is 1. The monoisotopic (exact) mass is 214 g/mol. The van der Waals surface area contributed by atoms with Crippen LogP contribution in [-0.4, -0.2) is 15.1 Å². The number of phenolic OH excluding ortho intramolecular Hbond substituents is 1. The molecule has 0 aliphatic rings. The average Bonchev–Trinajstić information content (AvgIpc) is 2.36. The zero-order valence-electron chi connectivity index (χ0n) is 5.61. The van der Waals surface area contributed by atoms with Crippen LogP contribution in [0.1, 0.15) is 0 Å². The molecule has 58 valence electrons. The van der Waals surface area contributed by atoms with E-state index in [2.05, 4.69) is 9.97 Å². The molecule has 0 bridgehead atoms. The molecule has 0 aliphatic carbocycles. The Hall–Kier alpha value is -1.03. The first-order valence-corrected chi connectivity index (χ1v) is 2.99. The maximum absolute atomic E-state index is 9.18. The Balaban J connectivity index is 0.000000605. The van der Waals surface area contributed by atoms with Crippen molar-refractivity contribution in [3.8, 4) is 5.75 Å². The van der Waals surface area contributed by atoms with Crippen LogP contribution in [0.2, 0.25) is 0 Å². The number of phenols is 1. The summed E-state index contributed by atoms with van der Waals surface area (Å²) in [6.45, 7) is 0. The summed E-state index contributed by atoms with van der Waals surface area (Å²) in [4.78, 5) is 6.80. The van der Waals surface area contributed by atoms with E-state index >= 15 is 0 Å². The molecule has 0 fully saturated rings. The number of aromatic amines is 1. The van der Waals surface area contributed by atoms with Gasteiger partial charge in [0.05, 0.1) is 11.8 Å². The van der Waals surface area contributed by atoms with E-state index in [1.807, 2.05) is 6.07 Å². The average molecular weight is 215 g/mol. The van der Waals surface area contributed by atoms with Crippen LogP contribution in [0.25, 0.3) is 11.0 Å². The minimum atomic E-state index is 0. The Labute approximate surface area is 73.8 Å². The van der Waals surface area contributed by atoms with E-state index in [1.165, 1.54) is 0 Å². The van der Waals surface area contributed by atoms with Crippen LogP contribution in [0.5, 0.6) is 5.75 Å². The molecular weight excluding hydrogens is 208 g/mol. The van der Waals surface area contributed by atoms with Crippen molar-refractivity contribution in [1.82, 2.24) is 9.97 Å². The van der Waals surface area contributed by atoms with E-state index in [1.54, 1.807) is 18.5 Å². The fraction of sp³-hybridized carbons (Fsp3) is 0. The van der Waals surface area contributed by atoms with Gasteiger partial charge in [-0.3, -0.25) is 0 Å². The highest BCUT2D eigenvalue weighted by Gasteiger charge is 1.98. The normalized spacial score (nSPS) is 9.45. The quantitative estimate of drug-likeness (QED) is 0.704. The Morgan fingerprint density at radius 3 is 2.91 bits per heavy atom.